The van der Waals surface area contributed by atoms with E-state index in [0.717, 1.165) is 26.2 Å². The predicted octanol–water partition coefficient (Wildman–Crippen LogP) is 3.18. The first kappa shape index (κ1) is 49.2. The molecule has 2 radical (unpaired) electrons. The monoisotopic (exact) mass is 689 g/mol. The zero-order valence-electron chi connectivity index (χ0n) is 24.7. The molecule has 0 saturated carbocycles. The van der Waals surface area contributed by atoms with Crippen molar-refractivity contribution in [2.45, 2.75) is 27.7 Å². The SMILES string of the molecule is CCNCCN=Cc1cccc(OCC)c1[O-].CCNCCN=Cc1cccc(OCC)c1[O-].[N-]=[N+]=[N-].[N-]=[N+]=[N-].[Ni+3].[Ni+3].[OH3+]. The standard InChI is InChI=1S/2C13H20N2O2.2N3.2Ni.H2O/c2*1-3-14-8-9-15-10-11-6-5-7-12(13(11)16)17-4-2;2*1-3-2;;;/h2*5-7,10,14,16H,3-4,8-9H2,1-2H3;;;;;1H2/q;;2*-1;2*+3;/p-1. The average Bonchev–Trinajstić information content (AvgIpc) is 2.94. The van der Waals surface area contributed by atoms with E-state index in [1.54, 1.807) is 48.8 Å². The van der Waals surface area contributed by atoms with Crippen LogP contribution in [0.4, 0.5) is 0 Å². The number of likely N-dealkylation sites (N-methyl/N-ethyl adjacent to an activating group) is 2. The van der Waals surface area contributed by atoms with E-state index in [0.29, 0.717) is 48.9 Å². The molecule has 43 heavy (non-hydrogen) atoms. The summed E-state index contributed by atoms with van der Waals surface area (Å²) in [4.78, 5) is 11.4. The maximum absolute atomic E-state index is 11.8. The van der Waals surface area contributed by atoms with Crippen molar-refractivity contribution in [3.05, 3.63) is 79.5 Å². The van der Waals surface area contributed by atoms with Crippen LogP contribution in [0.5, 0.6) is 23.0 Å². The van der Waals surface area contributed by atoms with Crippen molar-refractivity contribution < 1.29 is 58.1 Å². The van der Waals surface area contributed by atoms with Crippen LogP contribution in [0, 0.1) is 0 Å². The third-order valence-corrected chi connectivity index (χ3v) is 4.41. The molecule has 0 amide bonds. The fraction of sp³-hybridized carbons (Fsp3) is 0.462. The minimum Gasteiger partial charge on any atom is -0.870 e. The normalized spacial score (nSPS) is 9.02. The Bertz CT molecular complexity index is 983. The second kappa shape index (κ2) is 36.5. The van der Waals surface area contributed by atoms with Gasteiger partial charge in [0, 0.05) is 25.5 Å². The Morgan fingerprint density at radius 3 is 1.30 bits per heavy atom. The second-order valence-corrected chi connectivity index (χ2v) is 7.17. The van der Waals surface area contributed by atoms with Crippen LogP contribution in [0.3, 0.4) is 0 Å². The molecular formula is C26H41N10Ni2O5+3. The van der Waals surface area contributed by atoms with Gasteiger partial charge in [-0.15, -0.1) is 0 Å². The van der Waals surface area contributed by atoms with Gasteiger partial charge >= 0.3 is 33.0 Å². The number of nitrogens with zero attached hydrogens (tertiary/aromatic N) is 8. The molecule has 0 atom stereocenters. The number of benzene rings is 2. The first-order valence-corrected chi connectivity index (χ1v) is 12.7. The van der Waals surface area contributed by atoms with Crippen LogP contribution >= 0.6 is 0 Å². The molecule has 15 nitrogen and oxygen atoms in total. The van der Waals surface area contributed by atoms with Crippen LogP contribution in [-0.2, 0) is 38.5 Å². The number of hydrogen-bond acceptors (Lipinski definition) is 8. The Morgan fingerprint density at radius 1 is 0.698 bits per heavy atom. The van der Waals surface area contributed by atoms with Crippen molar-refractivity contribution in [3.8, 4) is 23.0 Å². The number of aliphatic imine (C=N–C) groups is 2. The molecule has 0 bridgehead atoms. The summed E-state index contributed by atoms with van der Waals surface area (Å²) in [6, 6.07) is 10.5. The number of hydrogen-bond donors (Lipinski definition) is 2. The Kier molecular flexibility index (Phi) is 41.7. The summed E-state index contributed by atoms with van der Waals surface area (Å²) in [7, 11) is 0. The fourth-order valence-electron chi connectivity index (χ4n) is 2.77. The van der Waals surface area contributed by atoms with Gasteiger partial charge in [0.1, 0.15) is 11.5 Å². The molecule has 17 heteroatoms. The molecule has 2 rings (SSSR count). The maximum Gasteiger partial charge on any atom is 3.00 e. The van der Waals surface area contributed by atoms with Gasteiger partial charge in [-0.3, -0.25) is 19.8 Å². The topological polar surface area (TPSA) is 264 Å². The minimum atomic E-state index is -0.0958. The van der Waals surface area contributed by atoms with Crippen LogP contribution in [0.15, 0.2) is 46.4 Å². The Morgan fingerprint density at radius 2 is 1.02 bits per heavy atom. The van der Waals surface area contributed by atoms with E-state index in [4.69, 9.17) is 31.6 Å². The van der Waals surface area contributed by atoms with Crippen molar-refractivity contribution in [2.24, 2.45) is 9.98 Å². The molecule has 0 aliphatic carbocycles. The first-order valence-electron chi connectivity index (χ1n) is 12.7. The third kappa shape index (κ3) is 25.9. The zero-order chi connectivity index (χ0) is 30.4. The Balaban J connectivity index is -0.000000178. The molecule has 0 saturated heterocycles. The maximum atomic E-state index is 11.8. The van der Waals surface area contributed by atoms with Gasteiger partial charge in [-0.2, -0.15) is 0 Å². The first-order chi connectivity index (χ1) is 19.4. The van der Waals surface area contributed by atoms with Crippen LogP contribution in [0.1, 0.15) is 38.8 Å². The van der Waals surface area contributed by atoms with Gasteiger partial charge in [0.05, 0.1) is 26.3 Å². The van der Waals surface area contributed by atoms with E-state index in [1.165, 1.54) is 9.82 Å². The fourth-order valence-corrected chi connectivity index (χ4v) is 2.77. The number of rotatable bonds is 14. The largest absolute Gasteiger partial charge is 3.00 e. The van der Waals surface area contributed by atoms with E-state index < -0.39 is 0 Å². The molecule has 5 N–H and O–H groups in total. The van der Waals surface area contributed by atoms with Crippen molar-refractivity contribution >= 4 is 12.4 Å². The molecular weight excluding hydrogens is 650 g/mol. The molecule has 0 unspecified atom stereocenters. The van der Waals surface area contributed by atoms with Gasteiger partial charge in [0.15, 0.2) is 0 Å². The third-order valence-electron chi connectivity index (χ3n) is 4.41. The summed E-state index contributed by atoms with van der Waals surface area (Å²) in [5.41, 5.74) is 28.2. The Labute approximate surface area is 273 Å². The molecule has 0 aliphatic rings. The quantitative estimate of drug-likeness (QED) is 0.0571. The predicted molar refractivity (Wildman–Crippen MR) is 161 cm³/mol. The summed E-state index contributed by atoms with van der Waals surface area (Å²) in [6.45, 7) is 13.7. The zero-order valence-corrected chi connectivity index (χ0v) is 26.7. The van der Waals surface area contributed by atoms with Gasteiger partial charge in [-0.25, -0.2) is 0 Å². The van der Waals surface area contributed by atoms with E-state index in [9.17, 15) is 10.2 Å². The average molecular weight is 691 g/mol. The Hall–Kier alpha value is -3.53. The van der Waals surface area contributed by atoms with Gasteiger partial charge in [-0.05, 0) is 50.2 Å². The van der Waals surface area contributed by atoms with Gasteiger partial charge in [0.2, 0.25) is 0 Å². The van der Waals surface area contributed by atoms with Gasteiger partial charge in [-0.1, -0.05) is 49.6 Å². The van der Waals surface area contributed by atoms with Crippen LogP contribution < -0.4 is 30.3 Å². The summed E-state index contributed by atoms with van der Waals surface area (Å²) in [5, 5.41) is 30.0. The van der Waals surface area contributed by atoms with Crippen molar-refractivity contribution in [1.29, 1.82) is 0 Å². The minimum absolute atomic E-state index is 0. The molecule has 0 aliphatic heterocycles. The smallest absolute Gasteiger partial charge is 0.870 e. The summed E-state index contributed by atoms with van der Waals surface area (Å²) in [6.07, 6.45) is 3.23. The van der Waals surface area contributed by atoms with Gasteiger partial charge in [0.25, 0.3) is 0 Å². The van der Waals surface area contributed by atoms with E-state index in [1.807, 2.05) is 27.7 Å². The second-order valence-electron chi connectivity index (χ2n) is 7.17. The van der Waals surface area contributed by atoms with E-state index in [2.05, 4.69) is 20.6 Å². The summed E-state index contributed by atoms with van der Waals surface area (Å²) >= 11 is 0. The molecule has 242 valence electrons. The van der Waals surface area contributed by atoms with Crippen molar-refractivity contribution in [3.63, 3.8) is 0 Å². The van der Waals surface area contributed by atoms with Gasteiger partial charge < -0.3 is 57.9 Å². The number of ether oxygens (including phenoxy) is 2. The van der Waals surface area contributed by atoms with Crippen LogP contribution in [0.25, 0.3) is 31.9 Å². The molecule has 2 aromatic carbocycles. The molecule has 0 heterocycles. The summed E-state index contributed by atoms with van der Waals surface area (Å²) < 4.78 is 10.5. The molecule has 0 spiro atoms. The van der Waals surface area contributed by atoms with E-state index in [-0.39, 0.29) is 50.0 Å². The summed E-state index contributed by atoms with van der Waals surface area (Å²) in [5.74, 6) is 0.592. The van der Waals surface area contributed by atoms with Crippen molar-refractivity contribution in [2.75, 3.05) is 52.5 Å². The molecule has 0 fully saturated rings. The van der Waals surface area contributed by atoms with Crippen LogP contribution in [0.2, 0.25) is 0 Å². The van der Waals surface area contributed by atoms with Crippen molar-refractivity contribution in [1.82, 2.24) is 10.6 Å². The number of para-hydroxylation sites is 2. The molecule has 2 aromatic rings. The number of nitrogens with one attached hydrogen (secondary N) is 2. The molecule has 0 aromatic heterocycles. The van der Waals surface area contributed by atoms with Crippen LogP contribution in [-0.4, -0.2) is 64.9 Å². The van der Waals surface area contributed by atoms with E-state index >= 15 is 0 Å².